The lowest BCUT2D eigenvalue weighted by Gasteiger charge is -2.08. The van der Waals surface area contributed by atoms with Crippen molar-refractivity contribution in [3.63, 3.8) is 0 Å². The second kappa shape index (κ2) is 7.92. The zero-order valence-electron chi connectivity index (χ0n) is 11.8. The van der Waals surface area contributed by atoms with E-state index in [-0.39, 0.29) is 24.9 Å². The number of benzene rings is 1. The maximum Gasteiger partial charge on any atom is 0.319 e. The molecule has 3 N–H and O–H groups in total. The largest absolute Gasteiger partial charge is 0.337 e. The Hall–Kier alpha value is -1.90. The van der Waals surface area contributed by atoms with Crippen molar-refractivity contribution in [1.82, 2.24) is 10.0 Å². The van der Waals surface area contributed by atoms with Gasteiger partial charge in [0.2, 0.25) is 10.0 Å². The van der Waals surface area contributed by atoms with E-state index in [1.54, 1.807) is 30.3 Å². The van der Waals surface area contributed by atoms with Crippen LogP contribution in [-0.4, -0.2) is 27.5 Å². The standard InChI is InChI=1S/C14H17N3O3S2/c18-14(17-13-7-4-10-21-13)15-8-9-16-22(19,20)11-12-5-2-1-3-6-12/h1-7,10,16H,8-9,11H2,(H2,15,17,18). The third-order valence-electron chi connectivity index (χ3n) is 2.69. The fourth-order valence-corrected chi connectivity index (χ4v) is 3.49. The van der Waals surface area contributed by atoms with Crippen molar-refractivity contribution in [2.24, 2.45) is 0 Å². The first kappa shape index (κ1) is 16.5. The second-order valence-electron chi connectivity index (χ2n) is 4.50. The molecule has 2 aromatic rings. The van der Waals surface area contributed by atoms with Crippen LogP contribution in [0.3, 0.4) is 0 Å². The van der Waals surface area contributed by atoms with Gasteiger partial charge < -0.3 is 5.32 Å². The molecule has 0 aliphatic rings. The Labute approximate surface area is 133 Å². The number of nitrogens with one attached hydrogen (secondary N) is 3. The van der Waals surface area contributed by atoms with Crippen LogP contribution in [0.5, 0.6) is 0 Å². The average Bonchev–Trinajstić information content (AvgIpc) is 2.97. The molecule has 0 atom stereocenters. The maximum atomic E-state index is 11.9. The van der Waals surface area contributed by atoms with Gasteiger partial charge in [-0.15, -0.1) is 11.3 Å². The topological polar surface area (TPSA) is 87.3 Å². The smallest absolute Gasteiger partial charge is 0.319 e. The molecule has 0 aliphatic carbocycles. The van der Waals surface area contributed by atoms with Gasteiger partial charge in [-0.25, -0.2) is 17.9 Å². The van der Waals surface area contributed by atoms with E-state index in [1.165, 1.54) is 11.3 Å². The molecule has 0 fully saturated rings. The Morgan fingerprint density at radius 3 is 2.50 bits per heavy atom. The fourth-order valence-electron chi connectivity index (χ4n) is 1.73. The summed E-state index contributed by atoms with van der Waals surface area (Å²) in [6.45, 7) is 0.359. The van der Waals surface area contributed by atoms with E-state index < -0.39 is 10.0 Å². The highest BCUT2D eigenvalue weighted by Crippen LogP contribution is 2.14. The molecule has 2 amide bonds. The number of anilines is 1. The molecule has 6 nitrogen and oxygen atoms in total. The first-order chi connectivity index (χ1) is 10.6. The molecule has 1 aromatic carbocycles. The van der Waals surface area contributed by atoms with Gasteiger partial charge >= 0.3 is 6.03 Å². The number of hydrogen-bond donors (Lipinski definition) is 3. The van der Waals surface area contributed by atoms with Crippen LogP contribution >= 0.6 is 11.3 Å². The molecule has 8 heteroatoms. The third kappa shape index (κ3) is 5.84. The van der Waals surface area contributed by atoms with E-state index >= 15 is 0 Å². The summed E-state index contributed by atoms with van der Waals surface area (Å²) in [6, 6.07) is 12.2. The molecule has 0 bridgehead atoms. The summed E-state index contributed by atoms with van der Waals surface area (Å²) in [7, 11) is -3.40. The van der Waals surface area contributed by atoms with Crippen molar-refractivity contribution < 1.29 is 13.2 Å². The van der Waals surface area contributed by atoms with Gasteiger partial charge in [0, 0.05) is 13.1 Å². The van der Waals surface area contributed by atoms with E-state index in [1.807, 2.05) is 17.5 Å². The summed E-state index contributed by atoms with van der Waals surface area (Å²) in [5.74, 6) is -0.0742. The number of amides is 2. The molecule has 0 saturated heterocycles. The van der Waals surface area contributed by atoms with E-state index in [4.69, 9.17) is 0 Å². The van der Waals surface area contributed by atoms with Crippen LogP contribution in [0.2, 0.25) is 0 Å². The lowest BCUT2D eigenvalue weighted by atomic mass is 10.2. The molecule has 0 radical (unpaired) electrons. The van der Waals surface area contributed by atoms with Crippen LogP contribution in [0, 0.1) is 0 Å². The summed E-state index contributed by atoms with van der Waals surface area (Å²) in [4.78, 5) is 11.5. The number of sulfonamides is 1. The molecule has 22 heavy (non-hydrogen) atoms. The first-order valence-corrected chi connectivity index (χ1v) is 9.18. The molecule has 1 aromatic heterocycles. The molecule has 1 heterocycles. The lowest BCUT2D eigenvalue weighted by molar-refractivity contribution is 0.252. The number of carbonyl (C=O) groups is 1. The van der Waals surface area contributed by atoms with Crippen LogP contribution in [0.15, 0.2) is 47.8 Å². The van der Waals surface area contributed by atoms with Gasteiger partial charge in [0.15, 0.2) is 0 Å². The average molecular weight is 339 g/mol. The fraction of sp³-hybridized carbons (Fsp3) is 0.214. The molecule has 2 rings (SSSR count). The Kier molecular flexibility index (Phi) is 5.93. The Bertz CT molecular complexity index is 685. The molecule has 0 unspecified atom stereocenters. The van der Waals surface area contributed by atoms with Crippen LogP contribution in [-0.2, 0) is 15.8 Å². The van der Waals surface area contributed by atoms with E-state index in [0.717, 1.165) is 10.6 Å². The highest BCUT2D eigenvalue weighted by atomic mass is 32.2. The van der Waals surface area contributed by atoms with Crippen molar-refractivity contribution in [2.45, 2.75) is 5.75 Å². The van der Waals surface area contributed by atoms with Crippen LogP contribution < -0.4 is 15.4 Å². The lowest BCUT2D eigenvalue weighted by Crippen LogP contribution is -2.37. The summed E-state index contributed by atoms with van der Waals surface area (Å²) < 4.78 is 26.2. The second-order valence-corrected chi connectivity index (χ2v) is 7.25. The number of carbonyl (C=O) groups excluding carboxylic acids is 1. The maximum absolute atomic E-state index is 11.9. The van der Waals surface area contributed by atoms with E-state index in [9.17, 15) is 13.2 Å². The molecule has 118 valence electrons. The van der Waals surface area contributed by atoms with Gasteiger partial charge in [-0.05, 0) is 23.1 Å². The Morgan fingerprint density at radius 1 is 1.05 bits per heavy atom. The van der Waals surface area contributed by atoms with E-state index in [0.29, 0.717) is 0 Å². The molecule has 0 spiro atoms. The van der Waals surface area contributed by atoms with Crippen molar-refractivity contribution in [1.29, 1.82) is 0 Å². The minimum atomic E-state index is -3.40. The minimum Gasteiger partial charge on any atom is -0.337 e. The van der Waals surface area contributed by atoms with Crippen molar-refractivity contribution in [3.05, 3.63) is 53.4 Å². The van der Waals surface area contributed by atoms with Gasteiger partial charge in [0.1, 0.15) is 0 Å². The Morgan fingerprint density at radius 2 is 1.82 bits per heavy atom. The quantitative estimate of drug-likeness (QED) is 0.674. The minimum absolute atomic E-state index is 0.0742. The number of urea groups is 1. The van der Waals surface area contributed by atoms with Crippen LogP contribution in [0.1, 0.15) is 5.56 Å². The third-order valence-corrected chi connectivity index (χ3v) is 4.83. The summed E-state index contributed by atoms with van der Waals surface area (Å²) >= 11 is 1.41. The molecule has 0 aliphatic heterocycles. The monoisotopic (exact) mass is 339 g/mol. The predicted octanol–water partition coefficient (Wildman–Crippen LogP) is 1.99. The van der Waals surface area contributed by atoms with Crippen molar-refractivity contribution in [2.75, 3.05) is 18.4 Å². The first-order valence-electron chi connectivity index (χ1n) is 6.65. The number of thiophene rings is 1. The zero-order valence-corrected chi connectivity index (χ0v) is 13.4. The SMILES string of the molecule is O=C(NCCNS(=O)(=O)Cc1ccccc1)Nc1cccs1. The Balaban J connectivity index is 1.68. The summed E-state index contributed by atoms with van der Waals surface area (Å²) in [5.41, 5.74) is 0.721. The van der Waals surface area contributed by atoms with Gasteiger partial charge in [0.25, 0.3) is 0 Å². The molecule has 0 saturated carbocycles. The molecular formula is C14H17N3O3S2. The number of rotatable bonds is 7. The van der Waals surface area contributed by atoms with E-state index in [2.05, 4.69) is 15.4 Å². The van der Waals surface area contributed by atoms with Crippen LogP contribution in [0.25, 0.3) is 0 Å². The highest BCUT2D eigenvalue weighted by Gasteiger charge is 2.10. The highest BCUT2D eigenvalue weighted by molar-refractivity contribution is 7.88. The van der Waals surface area contributed by atoms with Gasteiger partial charge in [-0.3, -0.25) is 5.32 Å². The molecular weight excluding hydrogens is 322 g/mol. The summed E-state index contributed by atoms with van der Waals surface area (Å²) in [6.07, 6.45) is 0. The van der Waals surface area contributed by atoms with Gasteiger partial charge in [-0.2, -0.15) is 0 Å². The normalized spacial score (nSPS) is 11.1. The van der Waals surface area contributed by atoms with Crippen molar-refractivity contribution >= 4 is 32.4 Å². The van der Waals surface area contributed by atoms with Gasteiger partial charge in [-0.1, -0.05) is 30.3 Å². The number of hydrogen-bond acceptors (Lipinski definition) is 4. The predicted molar refractivity (Wildman–Crippen MR) is 88.4 cm³/mol. The van der Waals surface area contributed by atoms with Gasteiger partial charge in [0.05, 0.1) is 10.8 Å². The zero-order chi connectivity index (χ0) is 15.8. The van der Waals surface area contributed by atoms with Crippen molar-refractivity contribution in [3.8, 4) is 0 Å². The van der Waals surface area contributed by atoms with Crippen LogP contribution in [0.4, 0.5) is 9.80 Å². The summed E-state index contributed by atoms with van der Waals surface area (Å²) in [5, 5.41) is 7.83.